The van der Waals surface area contributed by atoms with E-state index in [4.69, 9.17) is 10.2 Å². The van der Waals surface area contributed by atoms with E-state index in [1.165, 1.54) is 6.92 Å². The fourth-order valence-electron chi connectivity index (χ4n) is 0.994. The molecule has 0 aromatic carbocycles. The molecule has 0 aromatic rings. The van der Waals surface area contributed by atoms with Crippen molar-refractivity contribution in [3.05, 3.63) is 0 Å². The van der Waals surface area contributed by atoms with E-state index >= 15 is 0 Å². The molecule has 15 heavy (non-hydrogen) atoms. The zero-order chi connectivity index (χ0) is 12.4. The molecule has 0 radical (unpaired) electrons. The summed E-state index contributed by atoms with van der Waals surface area (Å²) in [7, 11) is 0. The van der Waals surface area contributed by atoms with Gasteiger partial charge in [0.1, 0.15) is 5.78 Å². The Labute approximate surface area is 93.5 Å². The lowest BCUT2D eigenvalue weighted by atomic mass is 10.00. The van der Waals surface area contributed by atoms with Crippen LogP contribution in [0.2, 0.25) is 0 Å². The van der Waals surface area contributed by atoms with Crippen molar-refractivity contribution in [3.8, 4) is 0 Å². The molecule has 0 fully saturated rings. The van der Waals surface area contributed by atoms with Crippen molar-refractivity contribution >= 4 is 5.78 Å². The average molecular weight is 218 g/mol. The van der Waals surface area contributed by atoms with E-state index in [2.05, 4.69) is 27.7 Å². The number of aliphatic hydroxyl groups excluding tert-OH is 2. The molecular formula is C12H26O3. The van der Waals surface area contributed by atoms with Crippen molar-refractivity contribution in [2.75, 3.05) is 6.61 Å². The molecule has 0 spiro atoms. The van der Waals surface area contributed by atoms with Gasteiger partial charge in [-0.1, -0.05) is 27.7 Å². The molecule has 92 valence electrons. The van der Waals surface area contributed by atoms with Gasteiger partial charge in [0.25, 0.3) is 0 Å². The Hall–Kier alpha value is -0.410. The van der Waals surface area contributed by atoms with Crippen molar-refractivity contribution in [2.45, 2.75) is 53.6 Å². The van der Waals surface area contributed by atoms with Crippen molar-refractivity contribution in [3.63, 3.8) is 0 Å². The first-order chi connectivity index (χ1) is 6.79. The van der Waals surface area contributed by atoms with Crippen LogP contribution in [-0.4, -0.2) is 28.7 Å². The van der Waals surface area contributed by atoms with Crippen molar-refractivity contribution in [1.82, 2.24) is 0 Å². The van der Waals surface area contributed by atoms with E-state index in [0.29, 0.717) is 17.6 Å². The molecule has 3 heteroatoms. The molecule has 3 nitrogen and oxygen atoms in total. The number of Topliss-reactive ketones (excluding diaryl/α,β-unsaturated/α-hetero) is 1. The highest BCUT2D eigenvalue weighted by molar-refractivity contribution is 5.78. The van der Waals surface area contributed by atoms with Gasteiger partial charge < -0.3 is 10.2 Å². The molecule has 0 aliphatic heterocycles. The number of hydrogen-bond acceptors (Lipinski definition) is 3. The lowest BCUT2D eigenvalue weighted by molar-refractivity contribution is -0.120. The van der Waals surface area contributed by atoms with Gasteiger partial charge in [-0.05, 0) is 18.8 Å². The number of carbonyl (C=O) groups excluding carboxylic acids is 1. The number of aliphatic hydroxyl groups is 2. The van der Waals surface area contributed by atoms with E-state index < -0.39 is 6.10 Å². The van der Waals surface area contributed by atoms with Crippen molar-refractivity contribution in [1.29, 1.82) is 0 Å². The Morgan fingerprint density at radius 1 is 1.00 bits per heavy atom. The smallest absolute Gasteiger partial charge is 0.133 e. The third-order valence-electron chi connectivity index (χ3n) is 1.54. The van der Waals surface area contributed by atoms with Crippen molar-refractivity contribution in [2.24, 2.45) is 11.8 Å². The molecule has 0 aliphatic carbocycles. The molecular weight excluding hydrogens is 192 g/mol. The first-order valence-corrected chi connectivity index (χ1v) is 5.60. The van der Waals surface area contributed by atoms with Gasteiger partial charge in [0.05, 0.1) is 12.7 Å². The summed E-state index contributed by atoms with van der Waals surface area (Å²) in [5, 5.41) is 16.0. The van der Waals surface area contributed by atoms with Gasteiger partial charge in [-0.2, -0.15) is 0 Å². The molecule has 0 heterocycles. The minimum atomic E-state index is -0.560. The topological polar surface area (TPSA) is 57.5 Å². The van der Waals surface area contributed by atoms with Crippen LogP contribution in [-0.2, 0) is 4.79 Å². The highest BCUT2D eigenvalue weighted by atomic mass is 16.3. The lowest BCUT2D eigenvalue weighted by Crippen LogP contribution is -2.05. The fraction of sp³-hybridized carbons (Fsp3) is 0.917. The van der Waals surface area contributed by atoms with Crippen LogP contribution in [0.15, 0.2) is 0 Å². The van der Waals surface area contributed by atoms with Crippen LogP contribution in [0.4, 0.5) is 0 Å². The molecule has 0 bridgehead atoms. The number of carbonyl (C=O) groups is 1. The molecule has 0 aliphatic rings. The minimum Gasteiger partial charge on any atom is -0.394 e. The van der Waals surface area contributed by atoms with Crippen molar-refractivity contribution < 1.29 is 15.0 Å². The number of rotatable bonds is 5. The predicted octanol–water partition coefficient (Wildman–Crippen LogP) is 2.01. The maximum atomic E-state index is 11.1. The van der Waals surface area contributed by atoms with Gasteiger partial charge in [0, 0.05) is 12.8 Å². The summed E-state index contributed by atoms with van der Waals surface area (Å²) in [6.07, 6.45) is 0.936. The van der Waals surface area contributed by atoms with Crippen LogP contribution >= 0.6 is 0 Å². The Morgan fingerprint density at radius 2 is 1.27 bits per heavy atom. The van der Waals surface area contributed by atoms with Gasteiger partial charge >= 0.3 is 0 Å². The highest BCUT2D eigenvalue weighted by Gasteiger charge is 2.06. The van der Waals surface area contributed by atoms with Crippen LogP contribution in [0.25, 0.3) is 0 Å². The van der Waals surface area contributed by atoms with Gasteiger partial charge in [-0.15, -0.1) is 0 Å². The molecule has 0 rings (SSSR count). The largest absolute Gasteiger partial charge is 0.394 e. The molecule has 1 atom stereocenters. The summed E-state index contributed by atoms with van der Waals surface area (Å²) in [6, 6.07) is 0. The van der Waals surface area contributed by atoms with E-state index in [9.17, 15) is 4.79 Å². The van der Waals surface area contributed by atoms with Crippen LogP contribution in [0.5, 0.6) is 0 Å². The summed E-state index contributed by atoms with van der Waals surface area (Å²) in [5.74, 6) is 1.45. The quantitative estimate of drug-likeness (QED) is 0.742. The number of ketones is 1. The summed E-state index contributed by atoms with van der Waals surface area (Å²) < 4.78 is 0. The summed E-state index contributed by atoms with van der Waals surface area (Å²) in [4.78, 5) is 11.1. The Morgan fingerprint density at radius 3 is 1.40 bits per heavy atom. The summed E-state index contributed by atoms with van der Waals surface area (Å²) in [6.45, 7) is 9.72. The van der Waals surface area contributed by atoms with Crippen LogP contribution < -0.4 is 0 Å². The third-order valence-corrected chi connectivity index (χ3v) is 1.54. The Kier molecular flexibility index (Phi) is 11.5. The molecule has 2 N–H and O–H groups in total. The first kappa shape index (κ1) is 17.0. The third kappa shape index (κ3) is 19.8. The van der Waals surface area contributed by atoms with Gasteiger partial charge in [-0.25, -0.2) is 0 Å². The second-order valence-electron chi connectivity index (χ2n) is 4.77. The highest BCUT2D eigenvalue weighted by Crippen LogP contribution is 2.07. The summed E-state index contributed by atoms with van der Waals surface area (Å²) in [5.41, 5.74) is 0. The van der Waals surface area contributed by atoms with Gasteiger partial charge in [-0.3, -0.25) is 4.79 Å². The molecule has 1 unspecified atom stereocenters. The normalized spacial score (nSPS) is 12.3. The fourth-order valence-corrected chi connectivity index (χ4v) is 0.994. The zero-order valence-corrected chi connectivity index (χ0v) is 10.7. The van der Waals surface area contributed by atoms with E-state index in [1.54, 1.807) is 0 Å². The second kappa shape index (κ2) is 10.1. The molecule has 0 aromatic heterocycles. The maximum absolute atomic E-state index is 11.1. The van der Waals surface area contributed by atoms with Gasteiger partial charge in [0.2, 0.25) is 0 Å². The first-order valence-electron chi connectivity index (χ1n) is 5.60. The van der Waals surface area contributed by atoms with Gasteiger partial charge in [0.15, 0.2) is 0 Å². The SMILES string of the molecule is CC(C)CC(=O)CC(C)C.CC(O)CO. The average Bonchev–Trinajstić information content (AvgIpc) is 2.01. The van der Waals surface area contributed by atoms with E-state index in [0.717, 1.165) is 12.8 Å². The minimum absolute atomic E-state index is 0.139. The monoisotopic (exact) mass is 218 g/mol. The lowest BCUT2D eigenvalue weighted by Gasteiger charge is -2.05. The Bertz CT molecular complexity index is 139. The molecule has 0 saturated heterocycles. The predicted molar refractivity (Wildman–Crippen MR) is 62.7 cm³/mol. The number of hydrogen-bond donors (Lipinski definition) is 2. The van der Waals surface area contributed by atoms with E-state index in [-0.39, 0.29) is 6.61 Å². The standard InChI is InChI=1S/C9H18O.C3H8O2/c1-7(2)5-9(10)6-8(3)4;1-3(5)2-4/h7-8H,5-6H2,1-4H3;3-5H,2H2,1H3. The molecule has 0 amide bonds. The summed E-state index contributed by atoms with van der Waals surface area (Å²) >= 11 is 0. The van der Waals surface area contributed by atoms with E-state index in [1.807, 2.05) is 0 Å². The van der Waals surface area contributed by atoms with Crippen LogP contribution in [0.3, 0.4) is 0 Å². The maximum Gasteiger partial charge on any atom is 0.133 e. The van der Waals surface area contributed by atoms with Crippen LogP contribution in [0.1, 0.15) is 47.5 Å². The molecule has 0 saturated carbocycles. The Balaban J connectivity index is 0. The zero-order valence-electron chi connectivity index (χ0n) is 10.7. The second-order valence-corrected chi connectivity index (χ2v) is 4.77. The van der Waals surface area contributed by atoms with Crippen LogP contribution in [0, 0.1) is 11.8 Å².